The lowest BCUT2D eigenvalue weighted by Gasteiger charge is -1.85. The van der Waals surface area contributed by atoms with E-state index in [4.69, 9.17) is 0 Å². The fraction of sp³-hybridized carbons (Fsp3) is 0.429. The summed E-state index contributed by atoms with van der Waals surface area (Å²) in [6, 6.07) is 0. The van der Waals surface area contributed by atoms with Crippen molar-refractivity contribution in [1.29, 1.82) is 0 Å². The van der Waals surface area contributed by atoms with Gasteiger partial charge in [-0.1, -0.05) is 0 Å². The lowest BCUT2D eigenvalue weighted by molar-refractivity contribution is 0.941. The Morgan fingerprint density at radius 3 is 1.62 bits per heavy atom. The van der Waals surface area contributed by atoms with Crippen molar-refractivity contribution >= 4 is 22.7 Å². The van der Waals surface area contributed by atoms with Crippen molar-refractivity contribution in [3.63, 3.8) is 0 Å². The molecule has 13 heavy (non-hydrogen) atoms. The number of nitrogens with zero attached hydrogens (tertiary/aromatic N) is 4. The Bertz CT molecular complexity index is 368. The zero-order valence-electron chi connectivity index (χ0n) is 7.31. The van der Waals surface area contributed by atoms with E-state index < -0.39 is 0 Å². The van der Waals surface area contributed by atoms with Crippen LogP contribution in [0.2, 0.25) is 0 Å². The molecule has 0 atom stereocenters. The molecule has 68 valence electrons. The Kier molecular flexibility index (Phi) is 2.32. The van der Waals surface area contributed by atoms with Gasteiger partial charge in [-0.25, -0.2) is 0 Å². The van der Waals surface area contributed by atoms with Crippen molar-refractivity contribution < 1.29 is 0 Å². The lowest BCUT2D eigenvalue weighted by Crippen LogP contribution is -1.85. The normalized spacial score (nSPS) is 10.6. The molecule has 0 saturated carbocycles. The molecule has 2 aromatic rings. The van der Waals surface area contributed by atoms with Crippen LogP contribution in [0.1, 0.15) is 20.0 Å². The second-order valence-electron chi connectivity index (χ2n) is 2.61. The molecule has 0 unspecified atom stereocenters. The molecule has 0 aliphatic heterocycles. The van der Waals surface area contributed by atoms with Gasteiger partial charge in [0.15, 0.2) is 0 Å². The average molecular weight is 212 g/mol. The summed E-state index contributed by atoms with van der Waals surface area (Å²) in [5.74, 6) is 0. The Morgan fingerprint density at radius 1 is 0.846 bits per heavy atom. The summed E-state index contributed by atoms with van der Waals surface area (Å²) in [6.07, 6.45) is 0.761. The van der Waals surface area contributed by atoms with E-state index in [9.17, 15) is 0 Å². The third-order valence-corrected chi connectivity index (χ3v) is 3.12. The Morgan fingerprint density at radius 2 is 1.31 bits per heavy atom. The molecule has 0 aliphatic carbocycles. The van der Waals surface area contributed by atoms with Gasteiger partial charge in [0, 0.05) is 0 Å². The van der Waals surface area contributed by atoms with E-state index in [1.165, 1.54) is 0 Å². The fourth-order valence-corrected chi connectivity index (χ4v) is 2.46. The molecular formula is C7H8N4S2. The van der Waals surface area contributed by atoms with Gasteiger partial charge < -0.3 is 0 Å². The Balaban J connectivity index is 2.14. The van der Waals surface area contributed by atoms with Gasteiger partial charge in [0.05, 0.1) is 6.42 Å². The van der Waals surface area contributed by atoms with Crippen LogP contribution in [0.25, 0.3) is 0 Å². The number of hydrogen-bond donors (Lipinski definition) is 0. The van der Waals surface area contributed by atoms with Crippen LogP contribution in [-0.2, 0) is 6.42 Å². The summed E-state index contributed by atoms with van der Waals surface area (Å²) in [5.41, 5.74) is 0. The second-order valence-corrected chi connectivity index (χ2v) is 5.14. The molecule has 0 amide bonds. The van der Waals surface area contributed by atoms with E-state index in [-0.39, 0.29) is 0 Å². The predicted molar refractivity (Wildman–Crippen MR) is 52.1 cm³/mol. The third-order valence-electron chi connectivity index (χ3n) is 1.44. The molecular weight excluding hydrogens is 204 g/mol. The van der Waals surface area contributed by atoms with Crippen LogP contribution in [0.4, 0.5) is 0 Å². The minimum atomic E-state index is 0.761. The maximum Gasteiger partial charge on any atom is 0.124 e. The average Bonchev–Trinajstić information content (AvgIpc) is 2.62. The number of aromatic nitrogens is 4. The maximum absolute atomic E-state index is 4.03. The van der Waals surface area contributed by atoms with E-state index in [0.717, 1.165) is 26.5 Å². The first-order valence-electron chi connectivity index (χ1n) is 3.82. The Labute approximate surface area is 83.7 Å². The number of rotatable bonds is 2. The minimum absolute atomic E-state index is 0.761. The van der Waals surface area contributed by atoms with E-state index in [0.29, 0.717) is 0 Å². The highest BCUT2D eigenvalue weighted by Gasteiger charge is 2.05. The van der Waals surface area contributed by atoms with Gasteiger partial charge in [0.2, 0.25) is 0 Å². The molecule has 0 fully saturated rings. The molecule has 0 radical (unpaired) electrons. The zero-order valence-corrected chi connectivity index (χ0v) is 8.95. The summed E-state index contributed by atoms with van der Waals surface area (Å²) < 4.78 is 0. The highest BCUT2D eigenvalue weighted by Crippen LogP contribution is 2.16. The van der Waals surface area contributed by atoms with Gasteiger partial charge in [0.25, 0.3) is 0 Å². The van der Waals surface area contributed by atoms with E-state index >= 15 is 0 Å². The number of hydrogen-bond acceptors (Lipinski definition) is 6. The Hall–Kier alpha value is -0.880. The highest BCUT2D eigenvalue weighted by atomic mass is 32.1. The van der Waals surface area contributed by atoms with Gasteiger partial charge in [-0.05, 0) is 13.8 Å². The molecule has 0 saturated heterocycles. The monoisotopic (exact) mass is 212 g/mol. The van der Waals surface area contributed by atoms with Crippen molar-refractivity contribution in [2.75, 3.05) is 0 Å². The minimum Gasteiger partial charge on any atom is -0.144 e. The summed E-state index contributed by atoms with van der Waals surface area (Å²) in [7, 11) is 0. The fourth-order valence-electron chi connectivity index (χ4n) is 0.947. The molecule has 0 N–H and O–H groups in total. The number of aryl methyl sites for hydroxylation is 2. The quantitative estimate of drug-likeness (QED) is 0.758. The highest BCUT2D eigenvalue weighted by molar-refractivity contribution is 7.12. The van der Waals surface area contributed by atoms with Gasteiger partial charge in [-0.2, -0.15) is 0 Å². The van der Waals surface area contributed by atoms with Gasteiger partial charge in [-0.3, -0.25) is 0 Å². The topological polar surface area (TPSA) is 51.6 Å². The SMILES string of the molecule is Cc1nnc(Cc2nnc(C)s2)s1. The first kappa shape index (κ1) is 8.71. The van der Waals surface area contributed by atoms with Gasteiger partial charge in [0.1, 0.15) is 20.0 Å². The molecule has 0 aliphatic rings. The molecule has 4 nitrogen and oxygen atoms in total. The maximum atomic E-state index is 4.03. The van der Waals surface area contributed by atoms with E-state index in [1.807, 2.05) is 13.8 Å². The standard InChI is InChI=1S/C7H8N4S2/c1-4-8-10-6(12-4)3-7-11-9-5(2)13-7/h3H2,1-2H3. The zero-order chi connectivity index (χ0) is 9.26. The lowest BCUT2D eigenvalue weighted by atomic mass is 10.5. The molecule has 2 aromatic heterocycles. The van der Waals surface area contributed by atoms with Crippen LogP contribution in [0, 0.1) is 13.8 Å². The molecule has 0 aromatic carbocycles. The molecule has 0 bridgehead atoms. The summed E-state index contributed by atoms with van der Waals surface area (Å²) in [6.45, 7) is 3.90. The molecule has 6 heteroatoms. The van der Waals surface area contributed by atoms with E-state index in [2.05, 4.69) is 20.4 Å². The van der Waals surface area contributed by atoms with Crippen molar-refractivity contribution in [2.24, 2.45) is 0 Å². The van der Waals surface area contributed by atoms with Gasteiger partial charge >= 0.3 is 0 Å². The summed E-state index contributed by atoms with van der Waals surface area (Å²) in [5, 5.41) is 20.0. The third kappa shape index (κ3) is 2.07. The second kappa shape index (κ2) is 3.47. The van der Waals surface area contributed by atoms with E-state index in [1.54, 1.807) is 22.7 Å². The van der Waals surface area contributed by atoms with Crippen LogP contribution in [0.5, 0.6) is 0 Å². The van der Waals surface area contributed by atoms with Crippen molar-refractivity contribution in [1.82, 2.24) is 20.4 Å². The van der Waals surface area contributed by atoms with Crippen LogP contribution in [-0.4, -0.2) is 20.4 Å². The first-order valence-corrected chi connectivity index (χ1v) is 5.45. The van der Waals surface area contributed by atoms with Crippen LogP contribution < -0.4 is 0 Å². The molecule has 0 spiro atoms. The smallest absolute Gasteiger partial charge is 0.124 e. The molecule has 2 heterocycles. The van der Waals surface area contributed by atoms with Crippen LogP contribution in [0.15, 0.2) is 0 Å². The van der Waals surface area contributed by atoms with Crippen molar-refractivity contribution in [2.45, 2.75) is 20.3 Å². The molecule has 2 rings (SSSR count). The summed E-state index contributed by atoms with van der Waals surface area (Å²) >= 11 is 3.22. The summed E-state index contributed by atoms with van der Waals surface area (Å²) in [4.78, 5) is 0. The predicted octanol–water partition coefficient (Wildman–Crippen LogP) is 1.60. The largest absolute Gasteiger partial charge is 0.144 e. The first-order chi connectivity index (χ1) is 6.24. The van der Waals surface area contributed by atoms with Crippen molar-refractivity contribution in [3.05, 3.63) is 20.0 Å². The van der Waals surface area contributed by atoms with Crippen LogP contribution >= 0.6 is 22.7 Å². The van der Waals surface area contributed by atoms with Crippen molar-refractivity contribution in [3.8, 4) is 0 Å². The van der Waals surface area contributed by atoms with Crippen LogP contribution in [0.3, 0.4) is 0 Å². The van der Waals surface area contributed by atoms with Gasteiger partial charge in [-0.15, -0.1) is 43.1 Å².